The zero-order valence-corrected chi connectivity index (χ0v) is 16.4. The average molecular weight is 413 g/mol. The van der Waals surface area contributed by atoms with Gasteiger partial charge in [0.25, 0.3) is 21.8 Å². The third-order valence-electron chi connectivity index (χ3n) is 4.84. The molecule has 1 fully saturated rings. The Kier molecular flexibility index (Phi) is 3.62. The van der Waals surface area contributed by atoms with Gasteiger partial charge in [-0.2, -0.15) is 0 Å². The van der Waals surface area contributed by atoms with Gasteiger partial charge in [-0.15, -0.1) is 11.3 Å². The Morgan fingerprint density at radius 1 is 1.21 bits per heavy atom. The molecule has 2 heterocycles. The van der Waals surface area contributed by atoms with E-state index in [0.717, 1.165) is 19.5 Å². The van der Waals surface area contributed by atoms with Crippen LogP contribution in [0.1, 0.15) is 38.6 Å². The summed E-state index contributed by atoms with van der Waals surface area (Å²) in [7, 11) is -3.89. The normalized spacial score (nSPS) is 17.8. The van der Waals surface area contributed by atoms with Gasteiger partial charge in [-0.05, 0) is 56.2 Å². The zero-order chi connectivity index (χ0) is 19.6. The van der Waals surface area contributed by atoms with E-state index in [-0.39, 0.29) is 22.1 Å². The number of thiazole rings is 1. The lowest BCUT2D eigenvalue weighted by atomic mass is 10.1. The summed E-state index contributed by atoms with van der Waals surface area (Å²) < 4.78 is 27.4. The van der Waals surface area contributed by atoms with Gasteiger partial charge in [0.15, 0.2) is 0 Å². The van der Waals surface area contributed by atoms with Gasteiger partial charge >= 0.3 is 0 Å². The minimum Gasteiger partial charge on any atom is -0.322 e. The number of nitrogens with one attached hydrogen (secondary N) is 1. The molecule has 0 atom stereocenters. The fourth-order valence-corrected chi connectivity index (χ4v) is 6.09. The minimum atomic E-state index is -3.89. The second-order valence-corrected chi connectivity index (χ2v) is 9.94. The number of fused-ring (bicyclic) bond motifs is 2. The first-order valence-electron chi connectivity index (χ1n) is 8.76. The van der Waals surface area contributed by atoms with Crippen molar-refractivity contribution in [3.8, 4) is 0 Å². The van der Waals surface area contributed by atoms with Gasteiger partial charge < -0.3 is 5.32 Å². The number of anilines is 1. The first-order chi connectivity index (χ1) is 13.3. The number of hydrogen-bond donors (Lipinski definition) is 1. The highest BCUT2D eigenvalue weighted by molar-refractivity contribution is 7.90. The topological polar surface area (TPSA) is 96.4 Å². The summed E-state index contributed by atoms with van der Waals surface area (Å²) in [6.45, 7) is 1.92. The Bertz CT molecular complexity index is 1280. The molecule has 0 unspecified atom stereocenters. The molecule has 1 aliphatic carbocycles. The Hall–Kier alpha value is -2.78. The van der Waals surface area contributed by atoms with Crippen molar-refractivity contribution in [1.29, 1.82) is 0 Å². The number of rotatable bonds is 3. The number of aromatic nitrogens is 1. The van der Waals surface area contributed by atoms with Gasteiger partial charge in [0.2, 0.25) is 0 Å². The molecular weight excluding hydrogens is 398 g/mol. The highest BCUT2D eigenvalue weighted by Crippen LogP contribution is 2.39. The predicted molar refractivity (Wildman–Crippen MR) is 105 cm³/mol. The Morgan fingerprint density at radius 2 is 2.00 bits per heavy atom. The van der Waals surface area contributed by atoms with E-state index >= 15 is 0 Å². The summed E-state index contributed by atoms with van der Waals surface area (Å²) in [6.07, 6.45) is 1.37. The van der Waals surface area contributed by atoms with Crippen LogP contribution in [0.5, 0.6) is 0 Å². The van der Waals surface area contributed by atoms with E-state index in [2.05, 4.69) is 10.3 Å². The van der Waals surface area contributed by atoms with Crippen molar-refractivity contribution in [3.63, 3.8) is 0 Å². The standard InChI is InChI=1S/C19H15N3O4S2/c1-10-20-15-7-3-12(9-16(15)27-10)21-18(23)11-2-6-14-17(8-11)28(25,26)22(19(14)24)13-4-5-13/h2-3,6-9,13H,4-5H2,1H3,(H,21,23). The van der Waals surface area contributed by atoms with Crippen molar-refractivity contribution < 1.29 is 18.0 Å². The van der Waals surface area contributed by atoms with Crippen LogP contribution in [-0.2, 0) is 10.0 Å². The fraction of sp³-hybridized carbons (Fsp3) is 0.211. The van der Waals surface area contributed by atoms with E-state index in [4.69, 9.17) is 0 Å². The number of carbonyl (C=O) groups excluding carboxylic acids is 2. The quantitative estimate of drug-likeness (QED) is 0.711. The molecule has 0 spiro atoms. The van der Waals surface area contributed by atoms with Crippen molar-refractivity contribution in [1.82, 2.24) is 9.29 Å². The van der Waals surface area contributed by atoms with E-state index in [1.807, 2.05) is 19.1 Å². The van der Waals surface area contributed by atoms with Gasteiger partial charge in [0.1, 0.15) is 4.90 Å². The molecule has 2 aromatic carbocycles. The van der Waals surface area contributed by atoms with Crippen LogP contribution in [0.4, 0.5) is 5.69 Å². The predicted octanol–water partition coefficient (Wildman–Crippen LogP) is 3.16. The second-order valence-electron chi connectivity index (χ2n) is 6.92. The van der Waals surface area contributed by atoms with E-state index in [1.165, 1.54) is 29.5 Å². The molecule has 1 saturated carbocycles. The molecule has 0 saturated heterocycles. The molecule has 0 bridgehead atoms. The number of nitrogens with zero attached hydrogens (tertiary/aromatic N) is 2. The lowest BCUT2D eigenvalue weighted by Crippen LogP contribution is -2.31. The van der Waals surface area contributed by atoms with Crippen LogP contribution in [-0.4, -0.2) is 35.6 Å². The highest BCUT2D eigenvalue weighted by atomic mass is 32.2. The summed E-state index contributed by atoms with van der Waals surface area (Å²) in [6, 6.07) is 9.35. The van der Waals surface area contributed by atoms with Crippen molar-refractivity contribution >= 4 is 49.1 Å². The fourth-order valence-electron chi connectivity index (χ4n) is 3.38. The molecule has 3 aromatic rings. The van der Waals surface area contributed by atoms with Crippen molar-refractivity contribution in [2.24, 2.45) is 0 Å². The smallest absolute Gasteiger partial charge is 0.269 e. The SMILES string of the molecule is Cc1nc2ccc(NC(=O)c3ccc4c(c3)S(=O)(=O)N(C3CC3)C4=O)cc2s1. The Balaban J connectivity index is 1.46. The number of carbonyl (C=O) groups is 2. The Morgan fingerprint density at radius 3 is 2.75 bits per heavy atom. The van der Waals surface area contributed by atoms with E-state index in [1.54, 1.807) is 6.07 Å². The third kappa shape index (κ3) is 2.61. The largest absolute Gasteiger partial charge is 0.322 e. The molecule has 28 heavy (non-hydrogen) atoms. The lowest BCUT2D eigenvalue weighted by molar-refractivity contribution is 0.0864. The molecule has 1 aromatic heterocycles. The Labute approximate surface area is 165 Å². The van der Waals surface area contributed by atoms with Gasteiger partial charge in [-0.25, -0.2) is 17.7 Å². The summed E-state index contributed by atoms with van der Waals surface area (Å²) in [5.74, 6) is -0.939. The molecule has 1 aliphatic heterocycles. The molecule has 9 heteroatoms. The van der Waals surface area contributed by atoms with E-state index < -0.39 is 21.8 Å². The summed E-state index contributed by atoms with van der Waals surface area (Å²) >= 11 is 1.53. The summed E-state index contributed by atoms with van der Waals surface area (Å²) in [4.78, 5) is 29.4. The van der Waals surface area contributed by atoms with Gasteiger partial charge in [0.05, 0.1) is 20.8 Å². The third-order valence-corrected chi connectivity index (χ3v) is 7.65. The van der Waals surface area contributed by atoms with E-state index in [0.29, 0.717) is 18.5 Å². The minimum absolute atomic E-state index is 0.0921. The van der Waals surface area contributed by atoms with Crippen LogP contribution < -0.4 is 5.32 Å². The molecule has 0 radical (unpaired) electrons. The molecule has 7 nitrogen and oxygen atoms in total. The molecule has 5 rings (SSSR count). The van der Waals surface area contributed by atoms with Crippen LogP contribution in [0.15, 0.2) is 41.3 Å². The van der Waals surface area contributed by atoms with Crippen LogP contribution >= 0.6 is 11.3 Å². The molecule has 2 aliphatic rings. The highest BCUT2D eigenvalue weighted by Gasteiger charge is 2.48. The second kappa shape index (κ2) is 5.86. The number of aryl methyl sites for hydroxylation is 1. The maximum Gasteiger partial charge on any atom is 0.269 e. The van der Waals surface area contributed by atoms with Crippen LogP contribution in [0.25, 0.3) is 10.2 Å². The van der Waals surface area contributed by atoms with Crippen LogP contribution in [0.2, 0.25) is 0 Å². The maximum absolute atomic E-state index is 12.7. The molecular formula is C19H15N3O4S2. The first kappa shape index (κ1) is 17.3. The van der Waals surface area contributed by atoms with Crippen molar-refractivity contribution in [3.05, 3.63) is 52.5 Å². The molecule has 142 valence electrons. The number of hydrogen-bond acceptors (Lipinski definition) is 6. The number of benzene rings is 2. The van der Waals surface area contributed by atoms with Gasteiger partial charge in [0, 0.05) is 17.3 Å². The van der Waals surface area contributed by atoms with Crippen LogP contribution in [0.3, 0.4) is 0 Å². The molecule has 1 N–H and O–H groups in total. The zero-order valence-electron chi connectivity index (χ0n) is 14.8. The van der Waals surface area contributed by atoms with Crippen molar-refractivity contribution in [2.75, 3.05) is 5.32 Å². The maximum atomic E-state index is 12.7. The first-order valence-corrected chi connectivity index (χ1v) is 11.0. The monoisotopic (exact) mass is 413 g/mol. The molecule has 2 amide bonds. The van der Waals surface area contributed by atoms with E-state index in [9.17, 15) is 18.0 Å². The van der Waals surface area contributed by atoms with Gasteiger partial charge in [-0.3, -0.25) is 9.59 Å². The lowest BCUT2D eigenvalue weighted by Gasteiger charge is -2.13. The van der Waals surface area contributed by atoms with Gasteiger partial charge in [-0.1, -0.05) is 0 Å². The van der Waals surface area contributed by atoms with Crippen molar-refractivity contribution in [2.45, 2.75) is 30.7 Å². The number of amides is 2. The summed E-state index contributed by atoms with van der Waals surface area (Å²) in [5, 5.41) is 3.72. The average Bonchev–Trinajstić information content (AvgIpc) is 3.36. The van der Waals surface area contributed by atoms with Crippen LogP contribution in [0, 0.1) is 6.92 Å². The summed E-state index contributed by atoms with van der Waals surface area (Å²) in [5.41, 5.74) is 1.78. The number of sulfonamides is 1.